The summed E-state index contributed by atoms with van der Waals surface area (Å²) in [4.78, 5) is 31.4. The number of aromatic nitrogens is 1. The molecule has 3 aromatic carbocycles. The average Bonchev–Trinajstić information content (AvgIpc) is 3.44. The molecule has 0 N–H and O–H groups in total. The fourth-order valence-electron chi connectivity index (χ4n) is 5.11. The number of para-hydroxylation sites is 2. The van der Waals surface area contributed by atoms with Gasteiger partial charge in [-0.3, -0.25) is 14.5 Å². The van der Waals surface area contributed by atoms with Crippen LogP contribution in [0.2, 0.25) is 0 Å². The van der Waals surface area contributed by atoms with Crippen molar-refractivity contribution in [1.29, 1.82) is 0 Å². The summed E-state index contributed by atoms with van der Waals surface area (Å²) in [5.41, 5.74) is 3.85. The number of methoxy groups -OCH3 is 2. The van der Waals surface area contributed by atoms with Crippen molar-refractivity contribution in [3.63, 3.8) is 0 Å². The van der Waals surface area contributed by atoms with Gasteiger partial charge in [0, 0.05) is 27.8 Å². The lowest BCUT2D eigenvalue weighted by Gasteiger charge is -2.40. The maximum absolute atomic E-state index is 14.4. The number of hydrogen-bond acceptors (Lipinski definition) is 4. The molecule has 5 rings (SSSR count). The van der Waals surface area contributed by atoms with E-state index in [0.29, 0.717) is 17.1 Å². The van der Waals surface area contributed by atoms with Crippen molar-refractivity contribution in [2.45, 2.75) is 25.9 Å². The highest BCUT2D eigenvalue weighted by Gasteiger charge is 2.39. The Hall–Kier alpha value is -4.04. The largest absolute Gasteiger partial charge is 0.497 e. The first-order valence-electron chi connectivity index (χ1n) is 12.7. The molecule has 2 heterocycles. The Bertz CT molecular complexity index is 1530. The van der Waals surface area contributed by atoms with Gasteiger partial charge in [0.1, 0.15) is 24.1 Å². The van der Waals surface area contributed by atoms with Crippen LogP contribution in [-0.2, 0) is 4.79 Å². The Labute approximate surface area is 236 Å². The molecule has 1 aromatic heterocycles. The molecule has 8 heteroatoms. The van der Waals surface area contributed by atoms with Crippen LogP contribution in [0.15, 0.2) is 89.5 Å². The molecule has 2 amide bonds. The minimum atomic E-state index is -0.512. The normalized spacial score (nSPS) is 14.0. The number of anilines is 1. The van der Waals surface area contributed by atoms with Crippen molar-refractivity contribution in [3.8, 4) is 17.2 Å². The van der Waals surface area contributed by atoms with Crippen molar-refractivity contribution >= 4 is 33.4 Å². The van der Waals surface area contributed by atoms with Gasteiger partial charge in [0.2, 0.25) is 5.91 Å². The van der Waals surface area contributed by atoms with Gasteiger partial charge in [0.25, 0.3) is 5.91 Å². The molecule has 39 heavy (non-hydrogen) atoms. The van der Waals surface area contributed by atoms with Gasteiger partial charge in [-0.15, -0.1) is 0 Å². The highest BCUT2D eigenvalue weighted by Crippen LogP contribution is 2.45. The smallest absolute Gasteiger partial charge is 0.254 e. The van der Waals surface area contributed by atoms with Gasteiger partial charge in [-0.25, -0.2) is 0 Å². The van der Waals surface area contributed by atoms with Crippen LogP contribution in [0.25, 0.3) is 5.69 Å². The van der Waals surface area contributed by atoms with Gasteiger partial charge in [-0.1, -0.05) is 34.1 Å². The number of rotatable bonds is 7. The zero-order chi connectivity index (χ0) is 27.7. The van der Waals surface area contributed by atoms with Crippen LogP contribution >= 0.6 is 15.9 Å². The fourth-order valence-corrected chi connectivity index (χ4v) is 5.51. The SMILES string of the molecule is COc1ccc(OC)c(C2c3cccn3-c3ccccc3N2C(=O)CN(C(=O)c2cccc(Br)c2)C(C)C)c1. The monoisotopic (exact) mass is 587 g/mol. The minimum absolute atomic E-state index is 0.0964. The fraction of sp³-hybridized carbons (Fsp3) is 0.226. The zero-order valence-corrected chi connectivity index (χ0v) is 23.9. The predicted molar refractivity (Wildman–Crippen MR) is 155 cm³/mol. The van der Waals surface area contributed by atoms with Crippen LogP contribution < -0.4 is 14.4 Å². The molecule has 0 saturated heterocycles. The number of nitrogens with zero attached hydrogens (tertiary/aromatic N) is 3. The maximum atomic E-state index is 14.4. The number of carbonyl (C=O) groups is 2. The molecule has 1 aliphatic rings. The number of amides is 2. The van der Waals surface area contributed by atoms with Crippen LogP contribution in [0, 0.1) is 0 Å². The average molecular weight is 589 g/mol. The summed E-state index contributed by atoms with van der Waals surface area (Å²) in [5, 5.41) is 0. The number of hydrogen-bond donors (Lipinski definition) is 0. The Morgan fingerprint density at radius 2 is 1.69 bits per heavy atom. The highest BCUT2D eigenvalue weighted by atomic mass is 79.9. The Morgan fingerprint density at radius 1 is 0.923 bits per heavy atom. The lowest BCUT2D eigenvalue weighted by molar-refractivity contribution is -0.120. The van der Waals surface area contributed by atoms with E-state index in [4.69, 9.17) is 9.47 Å². The Morgan fingerprint density at radius 3 is 2.38 bits per heavy atom. The lowest BCUT2D eigenvalue weighted by atomic mass is 9.96. The zero-order valence-electron chi connectivity index (χ0n) is 22.3. The van der Waals surface area contributed by atoms with Crippen LogP contribution in [0.4, 0.5) is 5.69 Å². The molecule has 0 bridgehead atoms. The van der Waals surface area contributed by atoms with E-state index in [0.717, 1.165) is 27.1 Å². The Kier molecular flexibility index (Phi) is 7.48. The van der Waals surface area contributed by atoms with Gasteiger partial charge >= 0.3 is 0 Å². The lowest BCUT2D eigenvalue weighted by Crippen LogP contribution is -2.48. The van der Waals surface area contributed by atoms with E-state index in [1.54, 1.807) is 36.2 Å². The summed E-state index contributed by atoms with van der Waals surface area (Å²) in [6, 6.07) is 23.9. The van der Waals surface area contributed by atoms with Crippen molar-refractivity contribution in [2.75, 3.05) is 25.7 Å². The Balaban J connectivity index is 1.63. The molecule has 0 aliphatic carbocycles. The molecular weight excluding hydrogens is 558 g/mol. The van der Waals surface area contributed by atoms with Crippen LogP contribution in [0.3, 0.4) is 0 Å². The summed E-state index contributed by atoms with van der Waals surface area (Å²) >= 11 is 3.45. The summed E-state index contributed by atoms with van der Waals surface area (Å²) in [7, 11) is 3.23. The molecule has 0 spiro atoms. The second-order valence-corrected chi connectivity index (χ2v) is 10.5. The summed E-state index contributed by atoms with van der Waals surface area (Å²) < 4.78 is 14.2. The third-order valence-corrected chi connectivity index (χ3v) is 7.47. The van der Waals surface area contributed by atoms with E-state index in [9.17, 15) is 9.59 Å². The second-order valence-electron chi connectivity index (χ2n) is 9.60. The molecular formula is C31H30BrN3O4. The highest BCUT2D eigenvalue weighted by molar-refractivity contribution is 9.10. The first-order valence-corrected chi connectivity index (χ1v) is 13.5. The van der Waals surface area contributed by atoms with E-state index in [1.807, 2.05) is 86.8 Å². The molecule has 4 aromatic rings. The van der Waals surface area contributed by atoms with E-state index in [1.165, 1.54) is 0 Å². The molecule has 0 saturated carbocycles. The quantitative estimate of drug-likeness (QED) is 0.256. The topological polar surface area (TPSA) is 64.0 Å². The molecule has 0 fully saturated rings. The van der Waals surface area contributed by atoms with Gasteiger partial charge in [-0.05, 0) is 74.5 Å². The van der Waals surface area contributed by atoms with Crippen molar-refractivity contribution in [1.82, 2.24) is 9.47 Å². The van der Waals surface area contributed by atoms with E-state index in [2.05, 4.69) is 20.5 Å². The van der Waals surface area contributed by atoms with Crippen molar-refractivity contribution < 1.29 is 19.1 Å². The van der Waals surface area contributed by atoms with Crippen molar-refractivity contribution in [2.24, 2.45) is 0 Å². The molecule has 1 aliphatic heterocycles. The molecule has 0 radical (unpaired) electrons. The standard InChI is InChI=1S/C31H30BrN3O4/c1-20(2)34(31(37)21-9-7-10-22(32)17-21)19-29(36)35-26-12-6-5-11-25(26)33-16-8-13-27(33)30(35)24-18-23(38-3)14-15-28(24)39-4/h5-18,20,30H,19H2,1-4H3. The van der Waals surface area contributed by atoms with Gasteiger partial charge in [0.15, 0.2) is 0 Å². The molecule has 1 unspecified atom stereocenters. The van der Waals surface area contributed by atoms with E-state index >= 15 is 0 Å². The molecule has 7 nitrogen and oxygen atoms in total. The molecule has 200 valence electrons. The third kappa shape index (κ3) is 4.92. The second kappa shape index (κ2) is 11.0. The van der Waals surface area contributed by atoms with Crippen LogP contribution in [0.1, 0.15) is 41.5 Å². The van der Waals surface area contributed by atoms with Gasteiger partial charge in [0.05, 0.1) is 31.3 Å². The first kappa shape index (κ1) is 26.6. The summed E-state index contributed by atoms with van der Waals surface area (Å²) in [6.45, 7) is 3.74. The number of halogens is 1. The maximum Gasteiger partial charge on any atom is 0.254 e. The van der Waals surface area contributed by atoms with Gasteiger partial charge < -0.3 is 18.9 Å². The summed E-state index contributed by atoms with van der Waals surface area (Å²) in [6.07, 6.45) is 1.99. The molecule has 1 atom stereocenters. The van der Waals surface area contributed by atoms with E-state index in [-0.39, 0.29) is 24.4 Å². The van der Waals surface area contributed by atoms with Crippen molar-refractivity contribution in [3.05, 3.63) is 106 Å². The number of carbonyl (C=O) groups excluding carboxylic acids is 2. The number of fused-ring (bicyclic) bond motifs is 3. The number of benzene rings is 3. The van der Waals surface area contributed by atoms with Gasteiger partial charge in [-0.2, -0.15) is 0 Å². The number of ether oxygens (including phenoxy) is 2. The van der Waals surface area contributed by atoms with Crippen LogP contribution in [-0.4, -0.2) is 48.1 Å². The third-order valence-electron chi connectivity index (χ3n) is 6.98. The minimum Gasteiger partial charge on any atom is -0.497 e. The predicted octanol–water partition coefficient (Wildman–Crippen LogP) is 6.24. The summed E-state index contributed by atoms with van der Waals surface area (Å²) in [5.74, 6) is 0.881. The van der Waals surface area contributed by atoms with Crippen LogP contribution in [0.5, 0.6) is 11.5 Å². The first-order chi connectivity index (χ1) is 18.8. The van der Waals surface area contributed by atoms with E-state index < -0.39 is 6.04 Å².